The molecule has 1 fully saturated rings. The molecule has 5 nitrogen and oxygen atoms in total. The average molecular weight is 187 g/mol. The smallest absolute Gasteiger partial charge is 0.341 e. The molecule has 1 saturated heterocycles. The molecule has 0 atom stereocenters. The summed E-state index contributed by atoms with van der Waals surface area (Å²) in [6.07, 6.45) is 3.79. The van der Waals surface area contributed by atoms with Gasteiger partial charge >= 0.3 is 5.96 Å². The lowest BCUT2D eigenvalue weighted by Gasteiger charge is -2.13. The van der Waals surface area contributed by atoms with Gasteiger partial charge in [0.05, 0.1) is 13.1 Å². The highest BCUT2D eigenvalue weighted by Gasteiger charge is 2.07. The van der Waals surface area contributed by atoms with E-state index in [4.69, 9.17) is 21.4 Å². The predicted molar refractivity (Wildman–Crippen MR) is 47.9 cm³/mol. The average Bonchev–Trinajstić information content (AvgIpc) is 2.05. The second-order valence-corrected chi connectivity index (χ2v) is 2.96. The Morgan fingerprint density at radius 1 is 1.23 bits per heavy atom. The van der Waals surface area contributed by atoms with E-state index in [1.807, 2.05) is 4.58 Å². The number of hydrogen-bond acceptors (Lipinski definition) is 2. The Morgan fingerprint density at radius 2 is 1.62 bits per heavy atom. The van der Waals surface area contributed by atoms with Crippen molar-refractivity contribution >= 4 is 11.9 Å². The molecule has 1 aliphatic rings. The van der Waals surface area contributed by atoms with Crippen LogP contribution in [0.4, 0.5) is 0 Å². The highest BCUT2D eigenvalue weighted by Crippen LogP contribution is 2.02. The standard InChI is InChI=1S/C6H13N3.C2H4O2/c7-6(8)9-4-2-1-3-5-9;1-2(3)4/h1-5H2,(H3,7,8);1H3,(H,3,4). The lowest BCUT2D eigenvalue weighted by molar-refractivity contribution is -0.539. The zero-order valence-corrected chi connectivity index (χ0v) is 7.95. The number of nitrogens with two attached hydrogens (primary N) is 2. The molecule has 0 spiro atoms. The fourth-order valence-corrected chi connectivity index (χ4v) is 1.15. The van der Waals surface area contributed by atoms with Crippen LogP contribution in [0.25, 0.3) is 0 Å². The Morgan fingerprint density at radius 3 is 1.85 bits per heavy atom. The van der Waals surface area contributed by atoms with Crippen molar-refractivity contribution in [2.45, 2.75) is 26.2 Å². The van der Waals surface area contributed by atoms with Crippen LogP contribution in [0.2, 0.25) is 0 Å². The maximum Gasteiger partial charge on any atom is 0.341 e. The van der Waals surface area contributed by atoms with Crippen molar-refractivity contribution in [1.82, 2.24) is 0 Å². The number of aliphatic carboxylic acids is 1. The van der Waals surface area contributed by atoms with Gasteiger partial charge in [0.2, 0.25) is 0 Å². The summed E-state index contributed by atoms with van der Waals surface area (Å²) in [7, 11) is 0. The van der Waals surface area contributed by atoms with Crippen LogP contribution in [-0.2, 0) is 4.79 Å². The third-order valence-corrected chi connectivity index (χ3v) is 1.72. The summed E-state index contributed by atoms with van der Waals surface area (Å²) in [5.41, 5.74) is 10.8. The fraction of sp³-hybridized carbons (Fsp3) is 0.750. The summed E-state index contributed by atoms with van der Waals surface area (Å²) in [5.74, 6) is -0.602. The lowest BCUT2D eigenvalue weighted by atomic mass is 10.2. The molecule has 0 aromatic rings. The summed E-state index contributed by atoms with van der Waals surface area (Å²) in [6.45, 7) is 3.06. The molecule has 76 valence electrons. The number of piperidine rings is 1. The van der Waals surface area contributed by atoms with Gasteiger partial charge in [-0.05, 0) is 26.2 Å². The first-order valence-electron chi connectivity index (χ1n) is 4.34. The van der Waals surface area contributed by atoms with Gasteiger partial charge in [-0.2, -0.15) is 0 Å². The summed E-state index contributed by atoms with van der Waals surface area (Å²) < 4.78 is 2.03. The quantitative estimate of drug-likeness (QED) is 0.346. The first kappa shape index (κ1) is 11.7. The van der Waals surface area contributed by atoms with Crippen molar-refractivity contribution in [1.29, 1.82) is 0 Å². The van der Waals surface area contributed by atoms with Crippen molar-refractivity contribution in [3.05, 3.63) is 0 Å². The second kappa shape index (κ2) is 6.28. The maximum absolute atomic E-state index is 8.89. The van der Waals surface area contributed by atoms with Gasteiger partial charge in [-0.25, -0.2) is 0 Å². The molecule has 0 aliphatic carbocycles. The lowest BCUT2D eigenvalue weighted by Crippen LogP contribution is -2.38. The van der Waals surface area contributed by atoms with E-state index >= 15 is 0 Å². The van der Waals surface area contributed by atoms with Gasteiger partial charge in [-0.3, -0.25) is 16.0 Å². The fourth-order valence-electron chi connectivity index (χ4n) is 1.15. The molecule has 0 saturated carbocycles. The van der Waals surface area contributed by atoms with Gasteiger partial charge in [-0.1, -0.05) is 0 Å². The molecular formula is C8H17N3O2. The summed E-state index contributed by atoms with van der Waals surface area (Å²) >= 11 is 0. The van der Waals surface area contributed by atoms with E-state index in [9.17, 15) is 0 Å². The van der Waals surface area contributed by atoms with Crippen LogP contribution in [0.1, 0.15) is 26.2 Å². The molecule has 1 aliphatic heterocycles. The molecule has 0 radical (unpaired) electrons. The van der Waals surface area contributed by atoms with Crippen molar-refractivity contribution in [2.24, 2.45) is 11.5 Å². The Bertz CT molecular complexity index is 186. The molecule has 4 N–H and O–H groups in total. The summed E-state index contributed by atoms with van der Waals surface area (Å²) in [6, 6.07) is 0. The number of carbonyl (C=O) groups is 1. The Balaban J connectivity index is 0.000000310. The van der Waals surface area contributed by atoms with Gasteiger partial charge in [0.15, 0.2) is 0 Å². The topological polar surface area (TPSA) is 95.2 Å². The minimum Gasteiger partial charge on any atom is -0.550 e. The molecule has 0 amide bonds. The largest absolute Gasteiger partial charge is 0.550 e. The Kier molecular flexibility index (Phi) is 5.67. The predicted octanol–water partition coefficient (Wildman–Crippen LogP) is -1.79. The van der Waals surface area contributed by atoms with E-state index in [0.29, 0.717) is 5.96 Å². The number of carboxylic acids is 1. The van der Waals surface area contributed by atoms with E-state index in [1.165, 1.54) is 19.3 Å². The number of carboxylic acid groups (broad SMARTS) is 1. The SMILES string of the molecule is CC(=O)[O-].NC(N)=[N+]1CCCCC1. The first-order valence-corrected chi connectivity index (χ1v) is 4.34. The number of hydrogen-bond donors (Lipinski definition) is 2. The molecule has 5 heteroatoms. The van der Waals surface area contributed by atoms with Gasteiger partial charge in [0, 0.05) is 5.97 Å². The van der Waals surface area contributed by atoms with Crippen LogP contribution < -0.4 is 16.6 Å². The highest BCUT2D eigenvalue weighted by atomic mass is 16.4. The molecule has 0 bridgehead atoms. The minimum atomic E-state index is -1.08. The number of nitrogens with zero attached hydrogens (tertiary/aromatic N) is 1. The normalized spacial score (nSPS) is 15.6. The molecule has 0 unspecified atom stereocenters. The van der Waals surface area contributed by atoms with E-state index in [0.717, 1.165) is 20.0 Å². The monoisotopic (exact) mass is 187 g/mol. The molecule has 1 rings (SSSR count). The highest BCUT2D eigenvalue weighted by molar-refractivity contribution is 5.70. The van der Waals surface area contributed by atoms with Gasteiger partial charge in [0.1, 0.15) is 0 Å². The third-order valence-electron chi connectivity index (χ3n) is 1.72. The van der Waals surface area contributed by atoms with Gasteiger partial charge < -0.3 is 9.90 Å². The number of carbonyl (C=O) groups excluding carboxylic acids is 1. The van der Waals surface area contributed by atoms with Crippen LogP contribution in [0.3, 0.4) is 0 Å². The minimum absolute atomic E-state index is 0.481. The first-order chi connectivity index (χ1) is 6.04. The van der Waals surface area contributed by atoms with E-state index in [1.54, 1.807) is 0 Å². The molecule has 13 heavy (non-hydrogen) atoms. The number of rotatable bonds is 0. The van der Waals surface area contributed by atoms with Crippen LogP contribution in [0.15, 0.2) is 0 Å². The second-order valence-electron chi connectivity index (χ2n) is 2.96. The van der Waals surface area contributed by atoms with Gasteiger partial charge in [-0.15, -0.1) is 0 Å². The van der Waals surface area contributed by atoms with E-state index in [-0.39, 0.29) is 0 Å². The summed E-state index contributed by atoms with van der Waals surface area (Å²) in [4.78, 5) is 8.89. The van der Waals surface area contributed by atoms with Crippen LogP contribution in [0, 0.1) is 0 Å². The zero-order chi connectivity index (χ0) is 10.3. The zero-order valence-electron chi connectivity index (χ0n) is 7.95. The molecule has 0 aromatic carbocycles. The van der Waals surface area contributed by atoms with Crippen molar-refractivity contribution in [3.63, 3.8) is 0 Å². The van der Waals surface area contributed by atoms with Gasteiger partial charge in [0.25, 0.3) is 0 Å². The molecule has 1 heterocycles. The number of guanidine groups is 1. The Labute approximate surface area is 78.0 Å². The van der Waals surface area contributed by atoms with Crippen LogP contribution >= 0.6 is 0 Å². The van der Waals surface area contributed by atoms with Crippen molar-refractivity contribution in [2.75, 3.05) is 13.1 Å². The van der Waals surface area contributed by atoms with Crippen LogP contribution in [-0.4, -0.2) is 29.6 Å². The van der Waals surface area contributed by atoms with Crippen molar-refractivity contribution < 1.29 is 14.5 Å². The maximum atomic E-state index is 8.89. The van der Waals surface area contributed by atoms with Crippen LogP contribution in [0.5, 0.6) is 0 Å². The van der Waals surface area contributed by atoms with E-state index in [2.05, 4.69) is 0 Å². The summed E-state index contributed by atoms with van der Waals surface area (Å²) in [5, 5.41) is 8.89. The van der Waals surface area contributed by atoms with Crippen molar-refractivity contribution in [3.8, 4) is 0 Å². The molecular weight excluding hydrogens is 170 g/mol. The third kappa shape index (κ3) is 7.11. The van der Waals surface area contributed by atoms with E-state index < -0.39 is 5.97 Å². The Hall–Kier alpha value is -1.26. The molecule has 0 aromatic heterocycles.